The summed E-state index contributed by atoms with van der Waals surface area (Å²) in [6.45, 7) is 2.79. The molecule has 9 heteroatoms. The van der Waals surface area contributed by atoms with Crippen LogP contribution in [0, 0.1) is 0 Å². The number of methoxy groups -OCH3 is 1. The highest BCUT2D eigenvalue weighted by atomic mass is 32.2. The lowest BCUT2D eigenvalue weighted by atomic mass is 10.0. The highest BCUT2D eigenvalue weighted by Gasteiger charge is 2.33. The maximum Gasteiger partial charge on any atom is 0.282 e. The molecule has 0 aliphatic carbocycles. The molecule has 26 heavy (non-hydrogen) atoms. The van der Waals surface area contributed by atoms with Crippen LogP contribution in [0.2, 0.25) is 0 Å². The van der Waals surface area contributed by atoms with Crippen LogP contribution in [-0.2, 0) is 37.4 Å². The second-order valence-electron chi connectivity index (χ2n) is 6.38. The molecule has 2 aliphatic heterocycles. The van der Waals surface area contributed by atoms with Crippen molar-refractivity contribution >= 4 is 21.8 Å². The fourth-order valence-electron chi connectivity index (χ4n) is 3.16. The maximum atomic E-state index is 12.8. The summed E-state index contributed by atoms with van der Waals surface area (Å²) < 4.78 is 38.8. The first-order chi connectivity index (χ1) is 12.5. The molecular weight excluding hydrogens is 358 g/mol. The summed E-state index contributed by atoms with van der Waals surface area (Å²) in [5, 5.41) is 2.83. The molecule has 1 aromatic carbocycles. The van der Waals surface area contributed by atoms with E-state index < -0.39 is 10.2 Å². The Labute approximate surface area is 154 Å². The Morgan fingerprint density at radius 1 is 1.19 bits per heavy atom. The zero-order valence-electron chi connectivity index (χ0n) is 14.9. The van der Waals surface area contributed by atoms with Crippen molar-refractivity contribution in [1.82, 2.24) is 8.61 Å². The van der Waals surface area contributed by atoms with Crippen molar-refractivity contribution in [1.29, 1.82) is 0 Å². The van der Waals surface area contributed by atoms with E-state index in [1.165, 1.54) is 8.61 Å². The second-order valence-corrected chi connectivity index (χ2v) is 8.31. The van der Waals surface area contributed by atoms with Crippen LogP contribution in [0.3, 0.4) is 0 Å². The molecule has 0 spiro atoms. The lowest BCUT2D eigenvalue weighted by Gasteiger charge is -2.34. The minimum Gasteiger partial charge on any atom is -0.384 e. The first-order valence-corrected chi connectivity index (χ1v) is 10.1. The smallest absolute Gasteiger partial charge is 0.282 e. The number of carbonyl (C=O) groups excluding carboxylic acids is 1. The van der Waals surface area contributed by atoms with E-state index in [4.69, 9.17) is 9.47 Å². The molecule has 1 aromatic rings. The van der Waals surface area contributed by atoms with Gasteiger partial charge in [0.15, 0.2) is 0 Å². The number of nitrogens with zero attached hydrogens (tertiary/aromatic N) is 2. The normalized spacial score (nSPS) is 19.1. The molecule has 0 atom stereocenters. The lowest BCUT2D eigenvalue weighted by molar-refractivity contribution is -0.117. The van der Waals surface area contributed by atoms with E-state index in [9.17, 15) is 13.2 Å². The van der Waals surface area contributed by atoms with Gasteiger partial charge in [0, 0.05) is 39.0 Å². The van der Waals surface area contributed by atoms with Crippen LogP contribution in [0.25, 0.3) is 0 Å². The van der Waals surface area contributed by atoms with E-state index in [0.717, 1.165) is 11.1 Å². The third kappa shape index (κ3) is 4.41. The van der Waals surface area contributed by atoms with Gasteiger partial charge in [0.2, 0.25) is 5.91 Å². The Hall–Kier alpha value is -1.52. The quantitative estimate of drug-likeness (QED) is 0.777. The average molecular weight is 383 g/mol. The monoisotopic (exact) mass is 383 g/mol. The van der Waals surface area contributed by atoms with Gasteiger partial charge in [-0.2, -0.15) is 17.0 Å². The number of hydrogen-bond donors (Lipinski definition) is 1. The summed E-state index contributed by atoms with van der Waals surface area (Å²) >= 11 is 0. The van der Waals surface area contributed by atoms with Crippen molar-refractivity contribution < 1.29 is 22.7 Å². The number of benzene rings is 1. The van der Waals surface area contributed by atoms with Crippen molar-refractivity contribution in [2.24, 2.45) is 0 Å². The number of anilines is 1. The lowest BCUT2D eigenvalue weighted by Crippen LogP contribution is -2.49. The standard InChI is InChI=1S/C17H25N3O5S/c1-24-9-5-17(21)18-16-3-2-14-4-6-20(13-15(14)12-16)26(22,23)19-7-10-25-11-8-19/h2-3,12H,4-11,13H2,1H3,(H,18,21). The summed E-state index contributed by atoms with van der Waals surface area (Å²) in [5.74, 6) is -0.125. The molecule has 0 aromatic heterocycles. The van der Waals surface area contributed by atoms with Crippen LogP contribution in [0.5, 0.6) is 0 Å². The minimum atomic E-state index is -3.49. The number of nitrogens with one attached hydrogen (secondary N) is 1. The van der Waals surface area contributed by atoms with Crippen LogP contribution in [-0.4, -0.2) is 69.5 Å². The average Bonchev–Trinajstić information content (AvgIpc) is 2.66. The van der Waals surface area contributed by atoms with Gasteiger partial charge < -0.3 is 14.8 Å². The van der Waals surface area contributed by atoms with Crippen LogP contribution < -0.4 is 5.32 Å². The summed E-state index contributed by atoms with van der Waals surface area (Å²) in [7, 11) is -1.94. The van der Waals surface area contributed by atoms with Crippen LogP contribution in [0.1, 0.15) is 17.5 Å². The molecule has 1 saturated heterocycles. The Morgan fingerprint density at radius 2 is 1.96 bits per heavy atom. The van der Waals surface area contributed by atoms with Gasteiger partial charge >= 0.3 is 0 Å². The molecule has 0 saturated carbocycles. The van der Waals surface area contributed by atoms with Crippen LogP contribution in [0.15, 0.2) is 18.2 Å². The van der Waals surface area contributed by atoms with E-state index in [1.807, 2.05) is 18.2 Å². The molecule has 0 bridgehead atoms. The van der Waals surface area contributed by atoms with Gasteiger partial charge in [-0.15, -0.1) is 0 Å². The molecule has 8 nitrogen and oxygen atoms in total. The van der Waals surface area contributed by atoms with E-state index in [0.29, 0.717) is 58.1 Å². The zero-order chi connectivity index (χ0) is 18.6. The van der Waals surface area contributed by atoms with Crippen molar-refractivity contribution in [3.63, 3.8) is 0 Å². The Morgan fingerprint density at radius 3 is 2.69 bits per heavy atom. The third-order valence-electron chi connectivity index (χ3n) is 4.62. The molecular formula is C17H25N3O5S. The SMILES string of the molecule is COCCC(=O)Nc1ccc2c(c1)CN(S(=O)(=O)N1CCOCC1)CC2. The summed E-state index contributed by atoms with van der Waals surface area (Å²) in [6.07, 6.45) is 0.946. The van der Waals surface area contributed by atoms with Crippen LogP contribution in [0.4, 0.5) is 5.69 Å². The summed E-state index contributed by atoms with van der Waals surface area (Å²) in [5.41, 5.74) is 2.72. The van der Waals surface area contributed by atoms with Gasteiger partial charge in [-0.25, -0.2) is 0 Å². The van der Waals surface area contributed by atoms with Crippen molar-refractivity contribution in [2.75, 3.05) is 51.9 Å². The van der Waals surface area contributed by atoms with E-state index in [1.54, 1.807) is 7.11 Å². The number of fused-ring (bicyclic) bond motifs is 1. The fraction of sp³-hybridized carbons (Fsp3) is 0.588. The fourth-order valence-corrected chi connectivity index (χ4v) is 4.73. The summed E-state index contributed by atoms with van der Waals surface area (Å²) in [4.78, 5) is 11.9. The molecule has 0 unspecified atom stereocenters. The third-order valence-corrected chi connectivity index (χ3v) is 6.61. The molecule has 0 radical (unpaired) electrons. The van der Waals surface area contributed by atoms with E-state index in [-0.39, 0.29) is 12.3 Å². The second kappa shape index (κ2) is 8.45. The number of morpholine rings is 1. The Kier molecular flexibility index (Phi) is 6.25. The molecule has 144 valence electrons. The minimum absolute atomic E-state index is 0.125. The molecule has 1 amide bonds. The zero-order valence-corrected chi connectivity index (χ0v) is 15.8. The predicted molar refractivity (Wildman–Crippen MR) is 97.0 cm³/mol. The van der Waals surface area contributed by atoms with Crippen molar-refractivity contribution in [3.8, 4) is 0 Å². The topological polar surface area (TPSA) is 88.2 Å². The highest BCUT2D eigenvalue weighted by Crippen LogP contribution is 2.26. The Bertz CT molecular complexity index is 747. The van der Waals surface area contributed by atoms with Crippen molar-refractivity contribution in [2.45, 2.75) is 19.4 Å². The number of ether oxygens (including phenoxy) is 2. The van der Waals surface area contributed by atoms with Gasteiger partial charge in [0.25, 0.3) is 10.2 Å². The largest absolute Gasteiger partial charge is 0.384 e. The van der Waals surface area contributed by atoms with E-state index >= 15 is 0 Å². The van der Waals surface area contributed by atoms with Gasteiger partial charge in [0.05, 0.1) is 26.2 Å². The number of rotatable bonds is 6. The first kappa shape index (κ1) is 19.2. The maximum absolute atomic E-state index is 12.8. The molecule has 3 rings (SSSR count). The van der Waals surface area contributed by atoms with Gasteiger partial charge in [-0.3, -0.25) is 4.79 Å². The van der Waals surface area contributed by atoms with E-state index in [2.05, 4.69) is 5.32 Å². The number of carbonyl (C=O) groups is 1. The Balaban J connectivity index is 1.70. The highest BCUT2D eigenvalue weighted by molar-refractivity contribution is 7.86. The van der Waals surface area contributed by atoms with Crippen LogP contribution >= 0.6 is 0 Å². The molecule has 1 N–H and O–H groups in total. The van der Waals surface area contributed by atoms with Crippen molar-refractivity contribution in [3.05, 3.63) is 29.3 Å². The van der Waals surface area contributed by atoms with Gasteiger partial charge in [-0.05, 0) is 29.7 Å². The van der Waals surface area contributed by atoms with Gasteiger partial charge in [0.1, 0.15) is 0 Å². The molecule has 2 heterocycles. The first-order valence-electron chi connectivity index (χ1n) is 8.74. The molecule has 2 aliphatic rings. The number of amides is 1. The molecule has 1 fully saturated rings. The predicted octanol–water partition coefficient (Wildman–Crippen LogP) is 0.597. The summed E-state index contributed by atoms with van der Waals surface area (Å²) in [6, 6.07) is 5.68. The number of hydrogen-bond acceptors (Lipinski definition) is 5. The van der Waals surface area contributed by atoms with Gasteiger partial charge in [-0.1, -0.05) is 6.07 Å².